The van der Waals surface area contributed by atoms with E-state index in [9.17, 15) is 10.1 Å². The minimum Gasteiger partial charge on any atom is -0.497 e. The zero-order valence-electron chi connectivity index (χ0n) is 15.8. The molecule has 0 amide bonds. The van der Waals surface area contributed by atoms with Crippen LogP contribution in [-0.4, -0.2) is 28.8 Å². The standard InChI is InChI=1S/C21H17N5O3/c1-28-15-8-14(9-16(10-15)29-2)23-20-17(12-22)21-24-18(11-19(27)26(21)25-20)13-6-4-3-5-7-13/h3-11,23,25H,1-2H3. The first kappa shape index (κ1) is 18.1. The maximum atomic E-state index is 12.6. The summed E-state index contributed by atoms with van der Waals surface area (Å²) in [6, 6.07) is 18.1. The Kier molecular flexibility index (Phi) is 4.63. The van der Waals surface area contributed by atoms with Gasteiger partial charge < -0.3 is 14.8 Å². The lowest BCUT2D eigenvalue weighted by Gasteiger charge is -2.09. The number of methoxy groups -OCH3 is 2. The van der Waals surface area contributed by atoms with Crippen LogP contribution in [0.15, 0.2) is 59.4 Å². The van der Waals surface area contributed by atoms with Gasteiger partial charge in [0.2, 0.25) is 0 Å². The quantitative estimate of drug-likeness (QED) is 0.544. The predicted molar refractivity (Wildman–Crippen MR) is 109 cm³/mol. The normalized spacial score (nSPS) is 10.5. The number of nitrogens with zero attached hydrogens (tertiary/aromatic N) is 3. The van der Waals surface area contributed by atoms with E-state index in [0.29, 0.717) is 28.7 Å². The van der Waals surface area contributed by atoms with Crippen molar-refractivity contribution in [3.8, 4) is 28.8 Å². The Morgan fingerprint density at radius 3 is 2.38 bits per heavy atom. The fourth-order valence-corrected chi connectivity index (χ4v) is 3.01. The second-order valence-corrected chi connectivity index (χ2v) is 6.20. The largest absolute Gasteiger partial charge is 0.497 e. The molecule has 0 atom stereocenters. The van der Waals surface area contributed by atoms with E-state index >= 15 is 0 Å². The first-order valence-corrected chi connectivity index (χ1v) is 8.74. The van der Waals surface area contributed by atoms with Crippen LogP contribution in [0.5, 0.6) is 11.5 Å². The van der Waals surface area contributed by atoms with Crippen molar-refractivity contribution in [3.05, 3.63) is 70.5 Å². The van der Waals surface area contributed by atoms with E-state index in [1.165, 1.54) is 10.6 Å². The summed E-state index contributed by atoms with van der Waals surface area (Å²) in [4.78, 5) is 17.1. The molecule has 144 valence electrons. The van der Waals surface area contributed by atoms with E-state index in [2.05, 4.69) is 21.5 Å². The molecule has 8 nitrogen and oxygen atoms in total. The topological polar surface area (TPSA) is 104 Å². The molecule has 2 N–H and O–H groups in total. The summed E-state index contributed by atoms with van der Waals surface area (Å²) in [6.45, 7) is 0. The second-order valence-electron chi connectivity index (χ2n) is 6.20. The third-order valence-corrected chi connectivity index (χ3v) is 4.42. The first-order chi connectivity index (χ1) is 14.1. The van der Waals surface area contributed by atoms with Gasteiger partial charge in [0, 0.05) is 35.5 Å². The molecule has 0 aliphatic rings. The molecular weight excluding hydrogens is 370 g/mol. The molecule has 2 aromatic carbocycles. The number of hydrogen-bond acceptors (Lipinski definition) is 6. The number of benzene rings is 2. The van der Waals surface area contributed by atoms with Gasteiger partial charge in [-0.1, -0.05) is 30.3 Å². The molecule has 0 spiro atoms. The number of anilines is 2. The van der Waals surface area contributed by atoms with Crippen molar-refractivity contribution in [1.29, 1.82) is 5.26 Å². The van der Waals surface area contributed by atoms with E-state index in [4.69, 9.17) is 9.47 Å². The minimum absolute atomic E-state index is 0.224. The summed E-state index contributed by atoms with van der Waals surface area (Å²) in [5.74, 6) is 1.52. The Bertz CT molecular complexity index is 1260. The highest BCUT2D eigenvalue weighted by Crippen LogP contribution is 2.29. The van der Waals surface area contributed by atoms with Crippen LogP contribution in [0.3, 0.4) is 0 Å². The minimum atomic E-state index is -0.318. The van der Waals surface area contributed by atoms with Gasteiger partial charge in [0.1, 0.15) is 28.9 Å². The molecule has 2 aromatic heterocycles. The van der Waals surface area contributed by atoms with Crippen LogP contribution in [0, 0.1) is 11.3 Å². The Labute approximate surface area is 165 Å². The molecule has 0 saturated heterocycles. The number of nitriles is 1. The number of rotatable bonds is 5. The van der Waals surface area contributed by atoms with Crippen LogP contribution in [0.2, 0.25) is 0 Å². The SMILES string of the molecule is COc1cc(Nc2[nH]n3c(=O)cc(-c4ccccc4)nc3c2C#N)cc(OC)c1. The maximum absolute atomic E-state index is 12.6. The van der Waals surface area contributed by atoms with Gasteiger partial charge >= 0.3 is 0 Å². The zero-order chi connectivity index (χ0) is 20.4. The first-order valence-electron chi connectivity index (χ1n) is 8.74. The van der Waals surface area contributed by atoms with Gasteiger partial charge in [-0.05, 0) is 0 Å². The van der Waals surface area contributed by atoms with Crippen molar-refractivity contribution in [2.24, 2.45) is 0 Å². The van der Waals surface area contributed by atoms with Gasteiger partial charge in [0.05, 0.1) is 19.9 Å². The Balaban J connectivity index is 1.83. The van der Waals surface area contributed by atoms with Gasteiger partial charge in [0.15, 0.2) is 5.65 Å². The van der Waals surface area contributed by atoms with Crippen molar-refractivity contribution < 1.29 is 9.47 Å². The fraction of sp³-hybridized carbons (Fsp3) is 0.0952. The third-order valence-electron chi connectivity index (χ3n) is 4.42. The van der Waals surface area contributed by atoms with Crippen molar-refractivity contribution >= 4 is 17.2 Å². The van der Waals surface area contributed by atoms with Crippen LogP contribution < -0.4 is 20.3 Å². The van der Waals surface area contributed by atoms with Gasteiger partial charge in [-0.2, -0.15) is 9.78 Å². The van der Waals surface area contributed by atoms with Gasteiger partial charge in [-0.3, -0.25) is 9.89 Å². The lowest BCUT2D eigenvalue weighted by atomic mass is 10.1. The van der Waals surface area contributed by atoms with Gasteiger partial charge in [-0.25, -0.2) is 4.98 Å². The lowest BCUT2D eigenvalue weighted by Crippen LogP contribution is -2.14. The number of aromatic nitrogens is 3. The molecule has 0 aliphatic carbocycles. The van der Waals surface area contributed by atoms with E-state index < -0.39 is 0 Å². The highest BCUT2D eigenvalue weighted by atomic mass is 16.5. The predicted octanol–water partition coefficient (Wildman–Crippen LogP) is 3.32. The molecule has 29 heavy (non-hydrogen) atoms. The molecular formula is C21H17N5O3. The van der Waals surface area contributed by atoms with Crippen LogP contribution >= 0.6 is 0 Å². The van der Waals surface area contributed by atoms with Gasteiger partial charge in [0.25, 0.3) is 5.56 Å². The summed E-state index contributed by atoms with van der Waals surface area (Å²) in [7, 11) is 3.10. The fourth-order valence-electron chi connectivity index (χ4n) is 3.01. The summed E-state index contributed by atoms with van der Waals surface area (Å²) >= 11 is 0. The number of H-pyrrole nitrogens is 1. The van der Waals surface area contributed by atoms with Crippen LogP contribution in [0.1, 0.15) is 5.56 Å². The molecule has 4 rings (SSSR count). The molecule has 0 unspecified atom stereocenters. The Morgan fingerprint density at radius 1 is 1.07 bits per heavy atom. The van der Waals surface area contributed by atoms with Crippen LogP contribution in [0.25, 0.3) is 16.9 Å². The maximum Gasteiger partial charge on any atom is 0.273 e. The van der Waals surface area contributed by atoms with E-state index in [-0.39, 0.29) is 16.8 Å². The number of ether oxygens (including phenoxy) is 2. The molecule has 2 heterocycles. The summed E-state index contributed by atoms with van der Waals surface area (Å²) in [5, 5.41) is 15.7. The van der Waals surface area contributed by atoms with Crippen molar-refractivity contribution in [3.63, 3.8) is 0 Å². The van der Waals surface area contributed by atoms with Crippen molar-refractivity contribution in [2.45, 2.75) is 0 Å². The zero-order valence-corrected chi connectivity index (χ0v) is 15.8. The smallest absolute Gasteiger partial charge is 0.273 e. The molecule has 4 aromatic rings. The average Bonchev–Trinajstić information content (AvgIpc) is 3.11. The second kappa shape index (κ2) is 7.40. The summed E-state index contributed by atoms with van der Waals surface area (Å²) < 4.78 is 11.8. The van der Waals surface area contributed by atoms with Crippen molar-refractivity contribution in [2.75, 3.05) is 19.5 Å². The number of nitrogens with one attached hydrogen (secondary N) is 2. The molecule has 0 radical (unpaired) electrons. The van der Waals surface area contributed by atoms with E-state index in [1.54, 1.807) is 32.4 Å². The van der Waals surface area contributed by atoms with Crippen LogP contribution in [-0.2, 0) is 0 Å². The lowest BCUT2D eigenvalue weighted by molar-refractivity contribution is 0.395. The summed E-state index contributed by atoms with van der Waals surface area (Å²) in [5.41, 5.74) is 2.07. The summed E-state index contributed by atoms with van der Waals surface area (Å²) in [6.07, 6.45) is 0. The monoisotopic (exact) mass is 387 g/mol. The molecule has 8 heteroatoms. The highest BCUT2D eigenvalue weighted by molar-refractivity contribution is 5.74. The van der Waals surface area contributed by atoms with E-state index in [0.717, 1.165) is 5.56 Å². The van der Waals surface area contributed by atoms with Gasteiger partial charge in [-0.15, -0.1) is 0 Å². The molecule has 0 saturated carbocycles. The number of fused-ring (bicyclic) bond motifs is 1. The molecule has 0 fully saturated rings. The van der Waals surface area contributed by atoms with Crippen molar-refractivity contribution in [1.82, 2.24) is 14.6 Å². The Hall–Kier alpha value is -4.25. The number of hydrogen-bond donors (Lipinski definition) is 2. The average molecular weight is 387 g/mol. The highest BCUT2D eigenvalue weighted by Gasteiger charge is 2.16. The number of aromatic amines is 1. The van der Waals surface area contributed by atoms with Crippen LogP contribution in [0.4, 0.5) is 11.5 Å². The Morgan fingerprint density at radius 2 is 1.76 bits per heavy atom. The van der Waals surface area contributed by atoms with E-state index in [1.807, 2.05) is 30.3 Å². The molecule has 0 aliphatic heterocycles. The third kappa shape index (κ3) is 3.37. The molecule has 0 bridgehead atoms.